The SMILES string of the molecule is CCOC(c1ccc(S(=O)(=O)Cl)cc1)C(C)C. The third kappa shape index (κ3) is 3.98. The van der Waals surface area contributed by atoms with Gasteiger partial charge in [0.25, 0.3) is 9.05 Å². The summed E-state index contributed by atoms with van der Waals surface area (Å²) in [6.45, 7) is 6.68. The van der Waals surface area contributed by atoms with Crippen molar-refractivity contribution in [2.24, 2.45) is 5.92 Å². The number of halogens is 1. The molecule has 1 aromatic carbocycles. The zero-order valence-corrected chi connectivity index (χ0v) is 11.8. The Bertz CT molecular complexity index is 451. The lowest BCUT2D eigenvalue weighted by Crippen LogP contribution is -2.11. The first-order chi connectivity index (χ1) is 7.86. The van der Waals surface area contributed by atoms with Gasteiger partial charge in [-0.25, -0.2) is 8.42 Å². The fraction of sp³-hybridized carbons (Fsp3) is 0.500. The van der Waals surface area contributed by atoms with Gasteiger partial charge in [0.15, 0.2) is 0 Å². The summed E-state index contributed by atoms with van der Waals surface area (Å²) in [5.74, 6) is 0.327. The average Bonchev–Trinajstić information content (AvgIpc) is 2.24. The van der Waals surface area contributed by atoms with E-state index in [0.29, 0.717) is 12.5 Å². The van der Waals surface area contributed by atoms with Gasteiger partial charge in [-0.15, -0.1) is 0 Å². The Morgan fingerprint density at radius 3 is 2.12 bits per heavy atom. The summed E-state index contributed by atoms with van der Waals surface area (Å²) in [7, 11) is 1.61. The summed E-state index contributed by atoms with van der Waals surface area (Å²) in [6, 6.07) is 6.50. The molecule has 0 fully saturated rings. The topological polar surface area (TPSA) is 43.4 Å². The van der Waals surface area contributed by atoms with Crippen molar-refractivity contribution in [3.63, 3.8) is 0 Å². The van der Waals surface area contributed by atoms with Crippen molar-refractivity contribution in [1.82, 2.24) is 0 Å². The van der Waals surface area contributed by atoms with Crippen LogP contribution in [-0.2, 0) is 13.8 Å². The molecule has 1 unspecified atom stereocenters. The molecule has 1 atom stereocenters. The first kappa shape index (κ1) is 14.5. The molecule has 0 aliphatic heterocycles. The summed E-state index contributed by atoms with van der Waals surface area (Å²) in [5, 5.41) is 0. The van der Waals surface area contributed by atoms with Gasteiger partial charge in [0.2, 0.25) is 0 Å². The molecule has 0 N–H and O–H groups in total. The van der Waals surface area contributed by atoms with Crippen LogP contribution in [0.4, 0.5) is 0 Å². The molecular weight excluding hydrogens is 260 g/mol. The van der Waals surface area contributed by atoms with E-state index in [4.69, 9.17) is 15.4 Å². The average molecular weight is 277 g/mol. The quantitative estimate of drug-likeness (QED) is 0.775. The molecule has 96 valence electrons. The number of hydrogen-bond donors (Lipinski definition) is 0. The van der Waals surface area contributed by atoms with Gasteiger partial charge in [0.05, 0.1) is 11.0 Å². The molecule has 0 heterocycles. The highest BCUT2D eigenvalue weighted by Gasteiger charge is 2.17. The van der Waals surface area contributed by atoms with Gasteiger partial charge in [-0.1, -0.05) is 26.0 Å². The second-order valence-corrected chi connectivity index (χ2v) is 6.69. The molecule has 3 nitrogen and oxygen atoms in total. The summed E-state index contributed by atoms with van der Waals surface area (Å²) in [6.07, 6.45) is -0.0212. The molecule has 0 aliphatic carbocycles. The van der Waals surface area contributed by atoms with Crippen LogP contribution in [0.1, 0.15) is 32.4 Å². The van der Waals surface area contributed by atoms with Crippen LogP contribution in [0.5, 0.6) is 0 Å². The van der Waals surface area contributed by atoms with Crippen molar-refractivity contribution in [2.45, 2.75) is 31.8 Å². The zero-order chi connectivity index (χ0) is 13.1. The summed E-state index contributed by atoms with van der Waals surface area (Å²) in [4.78, 5) is 0.113. The molecule has 0 radical (unpaired) electrons. The molecule has 1 aromatic rings. The van der Waals surface area contributed by atoms with Crippen molar-refractivity contribution in [3.8, 4) is 0 Å². The van der Waals surface area contributed by atoms with E-state index in [9.17, 15) is 8.42 Å². The van der Waals surface area contributed by atoms with E-state index in [2.05, 4.69) is 13.8 Å². The number of rotatable bonds is 5. The monoisotopic (exact) mass is 276 g/mol. The van der Waals surface area contributed by atoms with Crippen molar-refractivity contribution < 1.29 is 13.2 Å². The second-order valence-electron chi connectivity index (χ2n) is 4.13. The number of ether oxygens (including phenoxy) is 1. The molecule has 0 bridgehead atoms. The maximum Gasteiger partial charge on any atom is 0.261 e. The molecule has 17 heavy (non-hydrogen) atoms. The molecule has 0 aliphatic rings. The fourth-order valence-corrected chi connectivity index (χ4v) is 2.44. The number of hydrogen-bond acceptors (Lipinski definition) is 3. The molecule has 0 amide bonds. The van der Waals surface area contributed by atoms with Crippen LogP contribution >= 0.6 is 10.7 Å². The van der Waals surface area contributed by atoms with Crippen molar-refractivity contribution in [1.29, 1.82) is 0 Å². The lowest BCUT2D eigenvalue weighted by atomic mass is 9.99. The van der Waals surface area contributed by atoms with Crippen LogP contribution in [-0.4, -0.2) is 15.0 Å². The highest BCUT2D eigenvalue weighted by molar-refractivity contribution is 8.13. The van der Waals surface area contributed by atoms with Gasteiger partial charge in [0, 0.05) is 17.3 Å². The Morgan fingerprint density at radius 2 is 1.76 bits per heavy atom. The maximum atomic E-state index is 11.1. The second kappa shape index (κ2) is 5.85. The third-order valence-corrected chi connectivity index (χ3v) is 3.81. The minimum atomic E-state index is -3.65. The molecule has 1 rings (SSSR count). The minimum Gasteiger partial charge on any atom is -0.374 e. The summed E-state index contributed by atoms with van der Waals surface area (Å²) >= 11 is 0. The fourth-order valence-electron chi connectivity index (χ4n) is 1.67. The summed E-state index contributed by atoms with van der Waals surface area (Å²) in [5.41, 5.74) is 0.964. The van der Waals surface area contributed by atoms with Crippen LogP contribution in [0.3, 0.4) is 0 Å². The summed E-state index contributed by atoms with van der Waals surface area (Å²) < 4.78 is 27.8. The molecular formula is C12H17ClO3S. The van der Waals surface area contributed by atoms with E-state index in [0.717, 1.165) is 5.56 Å². The highest BCUT2D eigenvalue weighted by atomic mass is 35.7. The number of benzene rings is 1. The van der Waals surface area contributed by atoms with Crippen LogP contribution < -0.4 is 0 Å². The zero-order valence-electron chi connectivity index (χ0n) is 10.2. The van der Waals surface area contributed by atoms with Gasteiger partial charge in [-0.3, -0.25) is 0 Å². The molecule has 0 saturated heterocycles. The van der Waals surface area contributed by atoms with Crippen LogP contribution in [0.2, 0.25) is 0 Å². The molecule has 0 spiro atoms. The predicted octanol–water partition coefficient (Wildman–Crippen LogP) is 3.35. The standard InChI is InChI=1S/C12H17ClO3S/c1-4-16-12(9(2)3)10-5-7-11(8-6-10)17(13,14)15/h5-9,12H,4H2,1-3H3. The van der Waals surface area contributed by atoms with Crippen LogP contribution in [0.15, 0.2) is 29.2 Å². The largest absolute Gasteiger partial charge is 0.374 e. The Balaban J connectivity index is 3.00. The lowest BCUT2D eigenvalue weighted by Gasteiger charge is -2.21. The van der Waals surface area contributed by atoms with E-state index >= 15 is 0 Å². The Labute approximate surface area is 107 Å². The molecule has 5 heteroatoms. The van der Waals surface area contributed by atoms with Crippen LogP contribution in [0, 0.1) is 5.92 Å². The van der Waals surface area contributed by atoms with Gasteiger partial charge in [-0.05, 0) is 30.5 Å². The van der Waals surface area contributed by atoms with Gasteiger partial charge in [-0.2, -0.15) is 0 Å². The molecule has 0 saturated carbocycles. The predicted molar refractivity (Wildman–Crippen MR) is 68.7 cm³/mol. The third-order valence-electron chi connectivity index (χ3n) is 2.44. The van der Waals surface area contributed by atoms with Crippen molar-refractivity contribution >= 4 is 19.7 Å². The van der Waals surface area contributed by atoms with Crippen LogP contribution in [0.25, 0.3) is 0 Å². The van der Waals surface area contributed by atoms with E-state index in [-0.39, 0.29) is 11.0 Å². The maximum absolute atomic E-state index is 11.1. The molecule has 0 aromatic heterocycles. The minimum absolute atomic E-state index is 0.0212. The van der Waals surface area contributed by atoms with Gasteiger partial charge >= 0.3 is 0 Å². The Hall–Kier alpha value is -0.580. The Kier molecular flexibility index (Phi) is 4.98. The highest BCUT2D eigenvalue weighted by Crippen LogP contribution is 2.27. The van der Waals surface area contributed by atoms with Gasteiger partial charge in [0.1, 0.15) is 0 Å². The Morgan fingerprint density at radius 1 is 1.24 bits per heavy atom. The van der Waals surface area contributed by atoms with E-state index in [1.165, 1.54) is 12.1 Å². The first-order valence-corrected chi connectivity index (χ1v) is 7.83. The normalized spacial score (nSPS) is 13.9. The van der Waals surface area contributed by atoms with Crippen molar-refractivity contribution in [3.05, 3.63) is 29.8 Å². The van der Waals surface area contributed by atoms with E-state index in [1.54, 1.807) is 12.1 Å². The van der Waals surface area contributed by atoms with Gasteiger partial charge < -0.3 is 4.74 Å². The lowest BCUT2D eigenvalue weighted by molar-refractivity contribution is 0.0294. The first-order valence-electron chi connectivity index (χ1n) is 5.52. The van der Waals surface area contributed by atoms with Crippen molar-refractivity contribution in [2.75, 3.05) is 6.61 Å². The van der Waals surface area contributed by atoms with E-state index < -0.39 is 9.05 Å². The smallest absolute Gasteiger partial charge is 0.261 e. The van der Waals surface area contributed by atoms with E-state index in [1.807, 2.05) is 6.92 Å².